The third-order valence-corrected chi connectivity index (χ3v) is 1.87. The minimum Gasteiger partial charge on any atom is -0.304 e. The number of H-pyrrole nitrogens is 1. The van der Waals surface area contributed by atoms with Crippen molar-refractivity contribution in [2.75, 3.05) is 0 Å². The molecule has 0 spiro atoms. The molecule has 0 aliphatic carbocycles. The van der Waals surface area contributed by atoms with E-state index in [1.807, 2.05) is 0 Å². The number of nitrogens with one attached hydrogen (secondary N) is 1. The van der Waals surface area contributed by atoms with E-state index in [0.717, 1.165) is 0 Å². The molecule has 0 atom stereocenters. The van der Waals surface area contributed by atoms with Gasteiger partial charge >= 0.3 is 0 Å². The van der Waals surface area contributed by atoms with Crippen molar-refractivity contribution >= 4 is 6.29 Å². The van der Waals surface area contributed by atoms with Gasteiger partial charge < -0.3 is 4.98 Å². The number of hydrogen-bond donors (Lipinski definition) is 1. The van der Waals surface area contributed by atoms with E-state index >= 15 is 0 Å². The van der Waals surface area contributed by atoms with Gasteiger partial charge in [-0.15, -0.1) is 0 Å². The Bertz CT molecular complexity index is 534. The molecule has 2 rings (SSSR count). The van der Waals surface area contributed by atoms with Gasteiger partial charge in [0.15, 0.2) is 12.1 Å². The van der Waals surface area contributed by atoms with Gasteiger partial charge in [-0.25, -0.2) is 4.98 Å². The number of nitrogens with zero attached hydrogens (tertiary/aromatic N) is 2. The number of hydrogen-bond acceptors (Lipinski definition) is 4. The maximum Gasteiger partial charge on any atom is 0.260 e. The van der Waals surface area contributed by atoms with E-state index < -0.39 is 0 Å². The van der Waals surface area contributed by atoms with Crippen molar-refractivity contribution in [1.82, 2.24) is 15.0 Å². The molecule has 0 aromatic carbocycles. The van der Waals surface area contributed by atoms with Crippen LogP contribution in [0, 0.1) is 0 Å². The van der Waals surface area contributed by atoms with Crippen LogP contribution in [0.3, 0.4) is 0 Å². The summed E-state index contributed by atoms with van der Waals surface area (Å²) in [5, 5.41) is 0. The third kappa shape index (κ3) is 1.80. The predicted molar refractivity (Wildman–Crippen MR) is 53.5 cm³/mol. The summed E-state index contributed by atoms with van der Waals surface area (Å²) >= 11 is 0. The molecule has 74 valence electrons. The summed E-state index contributed by atoms with van der Waals surface area (Å²) < 4.78 is 0. The van der Waals surface area contributed by atoms with Crippen LogP contribution in [-0.2, 0) is 0 Å². The van der Waals surface area contributed by atoms with Crippen LogP contribution < -0.4 is 5.56 Å². The summed E-state index contributed by atoms with van der Waals surface area (Å²) in [6.45, 7) is 0. The van der Waals surface area contributed by atoms with Crippen molar-refractivity contribution in [2.24, 2.45) is 0 Å². The van der Waals surface area contributed by atoms with Crippen LogP contribution in [0.1, 0.15) is 10.6 Å². The lowest BCUT2D eigenvalue weighted by Crippen LogP contribution is -2.13. The first kappa shape index (κ1) is 9.26. The number of carbonyl (C=O) groups excluding carboxylic acids is 1. The third-order valence-electron chi connectivity index (χ3n) is 1.87. The summed E-state index contributed by atoms with van der Waals surface area (Å²) in [7, 11) is 0. The normalized spacial score (nSPS) is 9.87. The highest BCUT2D eigenvalue weighted by Gasteiger charge is 2.04. The fourth-order valence-corrected chi connectivity index (χ4v) is 1.17. The molecule has 0 saturated heterocycles. The number of pyridine rings is 1. The molecule has 0 saturated carbocycles. The topological polar surface area (TPSA) is 75.7 Å². The summed E-state index contributed by atoms with van der Waals surface area (Å²) in [6.07, 6.45) is 3.41. The van der Waals surface area contributed by atoms with Crippen LogP contribution in [0.5, 0.6) is 0 Å². The van der Waals surface area contributed by atoms with E-state index in [9.17, 15) is 9.59 Å². The zero-order chi connectivity index (χ0) is 10.7. The molecule has 5 heteroatoms. The van der Waals surface area contributed by atoms with Gasteiger partial charge in [0, 0.05) is 12.4 Å². The van der Waals surface area contributed by atoms with Gasteiger partial charge in [-0.1, -0.05) is 6.07 Å². The summed E-state index contributed by atoms with van der Waals surface area (Å²) in [4.78, 5) is 32.0. The predicted octanol–water partition coefficient (Wildman–Crippen LogP) is 0.644. The number of aromatic nitrogens is 3. The molecule has 2 aromatic heterocycles. The zero-order valence-corrected chi connectivity index (χ0v) is 7.68. The van der Waals surface area contributed by atoms with Crippen molar-refractivity contribution in [1.29, 1.82) is 0 Å². The highest BCUT2D eigenvalue weighted by molar-refractivity contribution is 5.69. The van der Waals surface area contributed by atoms with Gasteiger partial charge in [-0.2, -0.15) is 0 Å². The smallest absolute Gasteiger partial charge is 0.260 e. The highest BCUT2D eigenvalue weighted by Crippen LogP contribution is 2.08. The van der Waals surface area contributed by atoms with Crippen molar-refractivity contribution in [3.05, 3.63) is 46.8 Å². The van der Waals surface area contributed by atoms with Gasteiger partial charge in [-0.05, 0) is 12.1 Å². The molecule has 5 nitrogen and oxygen atoms in total. The van der Waals surface area contributed by atoms with Crippen LogP contribution >= 0.6 is 0 Å². The van der Waals surface area contributed by atoms with Gasteiger partial charge in [0.05, 0.1) is 11.3 Å². The Labute approximate surface area is 84.8 Å². The van der Waals surface area contributed by atoms with Crippen LogP contribution in [0.15, 0.2) is 35.4 Å². The monoisotopic (exact) mass is 201 g/mol. The molecule has 0 fully saturated rings. The van der Waals surface area contributed by atoms with E-state index in [4.69, 9.17) is 0 Å². The largest absolute Gasteiger partial charge is 0.304 e. The lowest BCUT2D eigenvalue weighted by Gasteiger charge is -1.98. The van der Waals surface area contributed by atoms with Crippen molar-refractivity contribution in [2.45, 2.75) is 0 Å². The number of aldehydes is 1. The average molecular weight is 201 g/mol. The summed E-state index contributed by atoms with van der Waals surface area (Å²) in [6, 6.07) is 5.23. The van der Waals surface area contributed by atoms with Crippen LogP contribution in [0.2, 0.25) is 0 Å². The second-order valence-electron chi connectivity index (χ2n) is 2.84. The van der Waals surface area contributed by atoms with E-state index in [0.29, 0.717) is 17.5 Å². The average Bonchev–Trinajstić information content (AvgIpc) is 2.30. The van der Waals surface area contributed by atoms with Gasteiger partial charge in [0.1, 0.15) is 0 Å². The van der Waals surface area contributed by atoms with E-state index in [2.05, 4.69) is 15.0 Å². The molecular formula is C10H7N3O2. The maximum atomic E-state index is 11.5. The fraction of sp³-hybridized carbons (Fsp3) is 0. The number of aromatic amines is 1. The second-order valence-corrected chi connectivity index (χ2v) is 2.84. The minimum atomic E-state index is -0.370. The summed E-state index contributed by atoms with van der Waals surface area (Å²) in [5.41, 5.74) is 0.510. The molecule has 0 unspecified atom stereocenters. The molecule has 15 heavy (non-hydrogen) atoms. The molecule has 1 N–H and O–H groups in total. The van der Waals surface area contributed by atoms with Crippen LogP contribution in [-0.4, -0.2) is 21.2 Å². The SMILES string of the molecule is O=Cc1ncc(-c2ccccn2)c(=O)[nH]1. The Morgan fingerprint density at radius 1 is 1.27 bits per heavy atom. The zero-order valence-electron chi connectivity index (χ0n) is 7.68. The molecule has 0 bridgehead atoms. The maximum absolute atomic E-state index is 11.5. The van der Waals surface area contributed by atoms with E-state index in [-0.39, 0.29) is 11.4 Å². The van der Waals surface area contributed by atoms with Crippen LogP contribution in [0.25, 0.3) is 11.3 Å². The first-order valence-corrected chi connectivity index (χ1v) is 4.27. The van der Waals surface area contributed by atoms with Crippen molar-refractivity contribution < 1.29 is 4.79 Å². The van der Waals surface area contributed by atoms with Crippen molar-refractivity contribution in [3.63, 3.8) is 0 Å². The molecule has 0 aliphatic heterocycles. The van der Waals surface area contributed by atoms with E-state index in [1.54, 1.807) is 24.4 Å². The first-order chi connectivity index (χ1) is 7.31. The molecule has 0 amide bonds. The van der Waals surface area contributed by atoms with Gasteiger partial charge in [0.2, 0.25) is 0 Å². The van der Waals surface area contributed by atoms with E-state index in [1.165, 1.54) is 6.20 Å². The Balaban J connectivity index is 2.56. The molecular weight excluding hydrogens is 194 g/mol. The Hall–Kier alpha value is -2.30. The summed E-state index contributed by atoms with van der Waals surface area (Å²) in [5.74, 6) is 0.0136. The minimum absolute atomic E-state index is 0.0136. The Morgan fingerprint density at radius 3 is 2.73 bits per heavy atom. The van der Waals surface area contributed by atoms with Gasteiger partial charge in [-0.3, -0.25) is 14.6 Å². The first-order valence-electron chi connectivity index (χ1n) is 4.27. The fourth-order valence-electron chi connectivity index (χ4n) is 1.17. The Kier molecular flexibility index (Phi) is 2.37. The second kappa shape index (κ2) is 3.83. The quantitative estimate of drug-likeness (QED) is 0.723. The Morgan fingerprint density at radius 2 is 2.13 bits per heavy atom. The van der Waals surface area contributed by atoms with Gasteiger partial charge in [0.25, 0.3) is 5.56 Å². The highest BCUT2D eigenvalue weighted by atomic mass is 16.1. The molecule has 2 heterocycles. The number of carbonyl (C=O) groups is 1. The lowest BCUT2D eigenvalue weighted by molar-refractivity contribution is 0.111. The lowest BCUT2D eigenvalue weighted by atomic mass is 10.2. The number of rotatable bonds is 2. The van der Waals surface area contributed by atoms with Crippen LogP contribution in [0.4, 0.5) is 0 Å². The molecule has 0 radical (unpaired) electrons. The van der Waals surface area contributed by atoms with Crippen molar-refractivity contribution in [3.8, 4) is 11.3 Å². The molecule has 0 aliphatic rings. The molecule has 2 aromatic rings. The standard InChI is InChI=1S/C10H7N3O2/c14-6-9-12-5-7(10(15)13-9)8-3-1-2-4-11-8/h1-6H,(H,12,13,15).